The number of benzene rings is 1. The summed E-state index contributed by atoms with van der Waals surface area (Å²) >= 11 is 5.82. The lowest BCUT2D eigenvalue weighted by molar-refractivity contribution is -0.121. The molecule has 0 spiro atoms. The van der Waals surface area contributed by atoms with Crippen LogP contribution in [0.15, 0.2) is 24.3 Å². The van der Waals surface area contributed by atoms with E-state index < -0.39 is 0 Å². The molecule has 15 heavy (non-hydrogen) atoms. The van der Waals surface area contributed by atoms with Crippen molar-refractivity contribution in [1.82, 2.24) is 0 Å². The predicted molar refractivity (Wildman–Crippen MR) is 62.1 cm³/mol. The number of Topliss-reactive ketones (excluding diaryl/α,β-unsaturated/α-hetero) is 1. The van der Waals surface area contributed by atoms with Gasteiger partial charge in [0.15, 0.2) is 0 Å². The highest BCUT2D eigenvalue weighted by Crippen LogP contribution is 2.25. The average Bonchev–Trinajstić information content (AvgIpc) is 2.22. The number of halogens is 1. The largest absolute Gasteiger partial charge is 0.300 e. The predicted octanol–water partition coefficient (Wildman–Crippen LogP) is 3.64. The fourth-order valence-corrected chi connectivity index (χ4v) is 2.37. The molecule has 0 aliphatic heterocycles. The summed E-state index contributed by atoms with van der Waals surface area (Å²) in [6, 6.07) is 7.95. The molecule has 0 radical (unpaired) electrons. The third-order valence-corrected chi connectivity index (χ3v) is 3.27. The van der Waals surface area contributed by atoms with Crippen LogP contribution in [0, 0.1) is 5.92 Å². The van der Waals surface area contributed by atoms with Gasteiger partial charge in [-0.25, -0.2) is 0 Å². The molecule has 1 aromatic rings. The van der Waals surface area contributed by atoms with Crippen molar-refractivity contribution in [3.8, 4) is 0 Å². The molecule has 1 saturated carbocycles. The highest BCUT2D eigenvalue weighted by atomic mass is 35.5. The van der Waals surface area contributed by atoms with Gasteiger partial charge in [-0.3, -0.25) is 4.79 Å². The van der Waals surface area contributed by atoms with Gasteiger partial charge in [-0.15, -0.1) is 0 Å². The fraction of sp³-hybridized carbons (Fsp3) is 0.462. The van der Waals surface area contributed by atoms with E-state index in [0.717, 1.165) is 30.7 Å². The van der Waals surface area contributed by atoms with Gasteiger partial charge < -0.3 is 0 Å². The van der Waals surface area contributed by atoms with E-state index in [2.05, 4.69) is 12.1 Å². The quantitative estimate of drug-likeness (QED) is 0.747. The first kappa shape index (κ1) is 10.7. The van der Waals surface area contributed by atoms with E-state index in [0.29, 0.717) is 11.7 Å². The molecule has 1 nitrogen and oxygen atoms in total. The van der Waals surface area contributed by atoms with Gasteiger partial charge >= 0.3 is 0 Å². The van der Waals surface area contributed by atoms with Crippen LogP contribution in [0.3, 0.4) is 0 Å². The Morgan fingerprint density at radius 3 is 2.67 bits per heavy atom. The summed E-state index contributed by atoms with van der Waals surface area (Å²) in [5.74, 6) is 0.979. The van der Waals surface area contributed by atoms with E-state index in [4.69, 9.17) is 11.6 Å². The fourth-order valence-electron chi connectivity index (χ4n) is 2.24. The van der Waals surface area contributed by atoms with Gasteiger partial charge in [-0.05, 0) is 42.9 Å². The summed E-state index contributed by atoms with van der Waals surface area (Å²) in [6.07, 6.45) is 4.83. The zero-order chi connectivity index (χ0) is 10.7. The van der Waals surface area contributed by atoms with Crippen LogP contribution in [0.2, 0.25) is 5.02 Å². The summed E-state index contributed by atoms with van der Waals surface area (Å²) in [4.78, 5) is 11.3. The minimum atomic E-state index is 0.431. The van der Waals surface area contributed by atoms with Crippen LogP contribution in [-0.2, 0) is 11.2 Å². The van der Waals surface area contributed by atoms with Crippen molar-refractivity contribution in [2.45, 2.75) is 32.1 Å². The Morgan fingerprint density at radius 1 is 1.27 bits per heavy atom. The molecule has 1 fully saturated rings. The van der Waals surface area contributed by atoms with Crippen molar-refractivity contribution < 1.29 is 4.79 Å². The summed E-state index contributed by atoms with van der Waals surface area (Å²) in [5.41, 5.74) is 1.29. The van der Waals surface area contributed by atoms with E-state index in [9.17, 15) is 4.79 Å². The molecule has 1 unspecified atom stereocenters. The Morgan fingerprint density at radius 2 is 2.00 bits per heavy atom. The topological polar surface area (TPSA) is 17.1 Å². The van der Waals surface area contributed by atoms with Crippen molar-refractivity contribution in [2.75, 3.05) is 0 Å². The Hall–Kier alpha value is -0.820. The van der Waals surface area contributed by atoms with Crippen LogP contribution in [-0.4, -0.2) is 5.78 Å². The van der Waals surface area contributed by atoms with Gasteiger partial charge in [0.1, 0.15) is 5.78 Å². The first-order valence-corrected chi connectivity index (χ1v) is 5.88. The van der Waals surface area contributed by atoms with Gasteiger partial charge in [-0.1, -0.05) is 23.7 Å². The molecule has 0 N–H and O–H groups in total. The van der Waals surface area contributed by atoms with E-state index in [1.807, 2.05) is 12.1 Å². The number of ketones is 1. The number of carbonyl (C=O) groups is 1. The Kier molecular flexibility index (Phi) is 3.42. The maximum Gasteiger partial charge on any atom is 0.133 e. The Balaban J connectivity index is 1.96. The number of hydrogen-bond acceptors (Lipinski definition) is 1. The van der Waals surface area contributed by atoms with Gasteiger partial charge in [0.25, 0.3) is 0 Å². The van der Waals surface area contributed by atoms with E-state index in [-0.39, 0.29) is 0 Å². The lowest BCUT2D eigenvalue weighted by Gasteiger charge is -2.20. The first-order valence-electron chi connectivity index (χ1n) is 5.50. The smallest absolute Gasteiger partial charge is 0.133 e. The Bertz CT molecular complexity index is 342. The third-order valence-electron chi connectivity index (χ3n) is 3.02. The van der Waals surface area contributed by atoms with Gasteiger partial charge in [0, 0.05) is 17.9 Å². The molecule has 1 atom stereocenters. The van der Waals surface area contributed by atoms with Crippen molar-refractivity contribution in [3.05, 3.63) is 34.9 Å². The zero-order valence-corrected chi connectivity index (χ0v) is 9.46. The molecule has 80 valence electrons. The van der Waals surface area contributed by atoms with E-state index >= 15 is 0 Å². The average molecular weight is 223 g/mol. The van der Waals surface area contributed by atoms with Gasteiger partial charge in [0.05, 0.1) is 0 Å². The van der Waals surface area contributed by atoms with Crippen LogP contribution in [0.5, 0.6) is 0 Å². The molecule has 1 aliphatic rings. The van der Waals surface area contributed by atoms with Crippen molar-refractivity contribution in [1.29, 1.82) is 0 Å². The summed E-state index contributed by atoms with van der Waals surface area (Å²) < 4.78 is 0. The number of carbonyl (C=O) groups excluding carboxylic acids is 1. The lowest BCUT2D eigenvalue weighted by atomic mass is 9.84. The number of rotatable bonds is 2. The molecule has 2 heteroatoms. The molecular formula is C13H15ClO. The second-order valence-corrected chi connectivity index (χ2v) is 4.77. The maximum atomic E-state index is 11.3. The van der Waals surface area contributed by atoms with Crippen LogP contribution in [0.4, 0.5) is 0 Å². The van der Waals surface area contributed by atoms with Gasteiger partial charge in [-0.2, -0.15) is 0 Å². The SMILES string of the molecule is O=C1CCCC(Cc2ccc(Cl)cc2)C1. The molecule has 1 aromatic carbocycles. The summed E-state index contributed by atoms with van der Waals surface area (Å²) in [6.45, 7) is 0. The zero-order valence-electron chi connectivity index (χ0n) is 8.71. The lowest BCUT2D eigenvalue weighted by Crippen LogP contribution is -2.16. The second-order valence-electron chi connectivity index (χ2n) is 4.33. The van der Waals surface area contributed by atoms with Crippen molar-refractivity contribution >= 4 is 17.4 Å². The first-order chi connectivity index (χ1) is 7.24. The highest BCUT2D eigenvalue weighted by Gasteiger charge is 2.19. The van der Waals surface area contributed by atoms with Crippen LogP contribution in [0.1, 0.15) is 31.2 Å². The second kappa shape index (κ2) is 4.80. The molecular weight excluding hydrogens is 208 g/mol. The van der Waals surface area contributed by atoms with E-state index in [1.54, 1.807) is 0 Å². The number of hydrogen-bond donors (Lipinski definition) is 0. The Labute approximate surface area is 95.4 Å². The standard InChI is InChI=1S/C13H15ClO/c14-12-6-4-10(5-7-12)8-11-2-1-3-13(15)9-11/h4-7,11H,1-3,8-9H2. The van der Waals surface area contributed by atoms with Gasteiger partial charge in [0.2, 0.25) is 0 Å². The third kappa shape index (κ3) is 3.07. The minimum Gasteiger partial charge on any atom is -0.300 e. The molecule has 0 bridgehead atoms. The van der Waals surface area contributed by atoms with Crippen molar-refractivity contribution in [2.24, 2.45) is 5.92 Å². The minimum absolute atomic E-state index is 0.431. The van der Waals surface area contributed by atoms with Crippen LogP contribution < -0.4 is 0 Å². The van der Waals surface area contributed by atoms with Crippen molar-refractivity contribution in [3.63, 3.8) is 0 Å². The summed E-state index contributed by atoms with van der Waals surface area (Å²) in [5, 5.41) is 0.776. The van der Waals surface area contributed by atoms with E-state index in [1.165, 1.54) is 12.0 Å². The molecule has 0 heterocycles. The molecule has 0 aromatic heterocycles. The molecule has 2 rings (SSSR count). The molecule has 0 saturated heterocycles. The normalized spacial score (nSPS) is 21.7. The summed E-state index contributed by atoms with van der Waals surface area (Å²) in [7, 11) is 0. The molecule has 0 amide bonds. The highest BCUT2D eigenvalue weighted by molar-refractivity contribution is 6.30. The van der Waals surface area contributed by atoms with Crippen LogP contribution >= 0.6 is 11.6 Å². The molecule has 1 aliphatic carbocycles. The monoisotopic (exact) mass is 222 g/mol. The van der Waals surface area contributed by atoms with Crippen LogP contribution in [0.25, 0.3) is 0 Å². The maximum absolute atomic E-state index is 11.3.